The highest BCUT2D eigenvalue weighted by Gasteiger charge is 2.36. The molecule has 0 aromatic rings. The van der Waals surface area contributed by atoms with E-state index in [1.807, 2.05) is 12.2 Å². The van der Waals surface area contributed by atoms with Gasteiger partial charge in [-0.2, -0.15) is 0 Å². The molecule has 0 aliphatic carbocycles. The maximum absolute atomic E-state index is 12.6. The molecule has 326 valence electrons. The fraction of sp³-hybridized carbons (Fsp3) is 0.818. The molecule has 0 saturated carbocycles. The number of phosphoric ester groups is 1. The van der Waals surface area contributed by atoms with Crippen molar-refractivity contribution >= 4 is 19.8 Å². The summed E-state index contributed by atoms with van der Waals surface area (Å²) in [7, 11) is -4.64. The Kier molecular flexibility index (Phi) is 32.7. The molecule has 0 bridgehead atoms. The van der Waals surface area contributed by atoms with Gasteiger partial charge in [-0.1, -0.05) is 147 Å². The van der Waals surface area contributed by atoms with Crippen molar-refractivity contribution < 1.29 is 52.5 Å². The lowest BCUT2D eigenvalue weighted by molar-refractivity contribution is -0.161. The Balaban J connectivity index is 2.29. The maximum Gasteiger partial charge on any atom is 0.472 e. The smallest absolute Gasteiger partial charge is 0.462 e. The van der Waals surface area contributed by atoms with Gasteiger partial charge in [0.2, 0.25) is 0 Å². The van der Waals surface area contributed by atoms with Crippen LogP contribution in [0, 0.1) is 5.92 Å². The molecule has 56 heavy (non-hydrogen) atoms. The maximum atomic E-state index is 12.6. The number of unbranched alkanes of at least 4 members (excludes halogenated alkanes) is 15. The fourth-order valence-electron chi connectivity index (χ4n) is 6.09. The predicted molar refractivity (Wildman–Crippen MR) is 223 cm³/mol. The van der Waals surface area contributed by atoms with Gasteiger partial charge >= 0.3 is 19.8 Å². The van der Waals surface area contributed by atoms with Crippen molar-refractivity contribution in [2.45, 2.75) is 199 Å². The lowest BCUT2D eigenvalue weighted by Gasteiger charge is -2.20. The molecule has 1 heterocycles. The van der Waals surface area contributed by atoms with Gasteiger partial charge in [-0.05, 0) is 57.3 Å². The molecule has 1 fully saturated rings. The van der Waals surface area contributed by atoms with Crippen LogP contribution in [0.2, 0.25) is 0 Å². The van der Waals surface area contributed by atoms with E-state index in [-0.39, 0.29) is 19.4 Å². The Hall–Kier alpha value is -1.85. The van der Waals surface area contributed by atoms with Gasteiger partial charge in [0.05, 0.1) is 32.0 Å². The molecule has 5 atom stereocenters. The van der Waals surface area contributed by atoms with E-state index in [2.05, 4.69) is 49.6 Å². The highest BCUT2D eigenvalue weighted by Crippen LogP contribution is 2.43. The number of aliphatic hydroxyl groups is 2. The van der Waals surface area contributed by atoms with Gasteiger partial charge in [-0.15, -0.1) is 0 Å². The number of epoxide rings is 1. The molecule has 0 amide bonds. The van der Waals surface area contributed by atoms with Crippen LogP contribution >= 0.6 is 7.82 Å². The van der Waals surface area contributed by atoms with Crippen LogP contribution in [-0.2, 0) is 37.4 Å². The number of allylic oxidation sites excluding steroid dienone is 4. The zero-order valence-corrected chi connectivity index (χ0v) is 36.1. The van der Waals surface area contributed by atoms with Crippen LogP contribution in [0.4, 0.5) is 0 Å². The van der Waals surface area contributed by atoms with E-state index in [1.165, 1.54) is 77.0 Å². The quantitative estimate of drug-likeness (QED) is 0.0178. The van der Waals surface area contributed by atoms with E-state index in [0.29, 0.717) is 31.5 Å². The summed E-state index contributed by atoms with van der Waals surface area (Å²) >= 11 is 0. The Morgan fingerprint density at radius 2 is 1.21 bits per heavy atom. The van der Waals surface area contributed by atoms with E-state index < -0.39 is 51.8 Å². The third-order valence-corrected chi connectivity index (χ3v) is 10.6. The zero-order valence-electron chi connectivity index (χ0n) is 35.2. The second-order valence-electron chi connectivity index (χ2n) is 15.6. The van der Waals surface area contributed by atoms with Gasteiger partial charge < -0.3 is 29.3 Å². The van der Waals surface area contributed by atoms with Crippen molar-refractivity contribution in [3.63, 3.8) is 0 Å². The second-order valence-corrected chi connectivity index (χ2v) is 17.0. The summed E-state index contributed by atoms with van der Waals surface area (Å²) in [6, 6.07) is 0. The van der Waals surface area contributed by atoms with E-state index in [9.17, 15) is 24.2 Å². The van der Waals surface area contributed by atoms with Crippen molar-refractivity contribution in [3.05, 3.63) is 36.5 Å². The number of hydrogen-bond acceptors (Lipinski definition) is 10. The number of phosphoric acid groups is 1. The van der Waals surface area contributed by atoms with Gasteiger partial charge in [0, 0.05) is 12.8 Å². The van der Waals surface area contributed by atoms with Gasteiger partial charge in [0.25, 0.3) is 0 Å². The molecule has 11 nitrogen and oxygen atoms in total. The van der Waals surface area contributed by atoms with Crippen LogP contribution in [-0.4, -0.2) is 77.9 Å². The van der Waals surface area contributed by atoms with Crippen molar-refractivity contribution in [1.82, 2.24) is 0 Å². The number of hydrogen-bond donors (Lipinski definition) is 3. The highest BCUT2D eigenvalue weighted by atomic mass is 31.2. The molecule has 12 heteroatoms. The minimum absolute atomic E-state index is 0.104. The number of ether oxygens (including phenoxy) is 3. The van der Waals surface area contributed by atoms with Crippen LogP contribution in [0.5, 0.6) is 0 Å². The molecular weight excluding hydrogens is 735 g/mol. The van der Waals surface area contributed by atoms with Gasteiger partial charge in [0.15, 0.2) is 6.10 Å². The van der Waals surface area contributed by atoms with Crippen molar-refractivity contribution in [2.24, 2.45) is 5.92 Å². The molecule has 3 N–H and O–H groups in total. The summed E-state index contributed by atoms with van der Waals surface area (Å²) in [4.78, 5) is 35.0. The normalized spacial score (nSPS) is 17.9. The van der Waals surface area contributed by atoms with Crippen LogP contribution < -0.4 is 0 Å². The van der Waals surface area contributed by atoms with Crippen LogP contribution in [0.1, 0.15) is 175 Å². The molecule has 0 radical (unpaired) electrons. The molecular formula is C44H79O11P. The summed E-state index contributed by atoms with van der Waals surface area (Å²) in [6.45, 7) is 4.60. The van der Waals surface area contributed by atoms with Crippen molar-refractivity contribution in [2.75, 3.05) is 26.4 Å². The Morgan fingerprint density at radius 1 is 0.679 bits per heavy atom. The minimum Gasteiger partial charge on any atom is -0.462 e. The molecule has 1 saturated heterocycles. The lowest BCUT2D eigenvalue weighted by atomic mass is 10.0. The fourth-order valence-corrected chi connectivity index (χ4v) is 6.88. The third kappa shape index (κ3) is 33.2. The third-order valence-electron chi connectivity index (χ3n) is 9.63. The van der Waals surface area contributed by atoms with Gasteiger partial charge in [-0.3, -0.25) is 18.6 Å². The first-order valence-corrected chi connectivity index (χ1v) is 23.4. The first-order chi connectivity index (χ1) is 27.1. The molecule has 1 aliphatic heterocycles. The van der Waals surface area contributed by atoms with E-state index in [4.69, 9.17) is 23.8 Å². The first-order valence-electron chi connectivity index (χ1n) is 21.9. The first kappa shape index (κ1) is 52.2. The Bertz CT molecular complexity index is 1110. The lowest BCUT2D eigenvalue weighted by Crippen LogP contribution is -2.29. The molecule has 1 aliphatic rings. The number of aliphatic hydroxyl groups excluding tert-OH is 2. The molecule has 0 aromatic carbocycles. The average Bonchev–Trinajstić information content (AvgIpc) is 3.93. The average molecular weight is 815 g/mol. The summed E-state index contributed by atoms with van der Waals surface area (Å²) in [5.41, 5.74) is 0. The molecule has 1 rings (SSSR count). The van der Waals surface area contributed by atoms with E-state index >= 15 is 0 Å². The number of esters is 2. The number of carbonyl (C=O) groups excluding carboxylic acids is 2. The zero-order chi connectivity index (χ0) is 41.1. The summed E-state index contributed by atoms with van der Waals surface area (Å²) < 4.78 is 38.4. The monoisotopic (exact) mass is 815 g/mol. The van der Waals surface area contributed by atoms with Crippen LogP contribution in [0.25, 0.3) is 0 Å². The van der Waals surface area contributed by atoms with Crippen LogP contribution in [0.3, 0.4) is 0 Å². The molecule has 0 spiro atoms. The minimum atomic E-state index is -4.64. The molecule has 0 aromatic heterocycles. The van der Waals surface area contributed by atoms with Crippen molar-refractivity contribution in [3.8, 4) is 0 Å². The number of rotatable bonds is 39. The van der Waals surface area contributed by atoms with Crippen molar-refractivity contribution in [1.29, 1.82) is 0 Å². The predicted octanol–water partition coefficient (Wildman–Crippen LogP) is 10.4. The van der Waals surface area contributed by atoms with Gasteiger partial charge in [0.1, 0.15) is 12.7 Å². The standard InChI is InChI=1S/C44H79O11P/c1-4-5-6-7-20-25-30-41-42(55-41)31-26-21-16-14-18-23-28-33-44(48)54-40(37-53-56(49,50)52-35-39(46)34-45)36-51-43(47)32-27-22-17-13-11-9-8-10-12-15-19-24-29-38(2)3/h14,18,20-21,25-26,38-42,45-46H,4-13,15-17,19,22-24,27-37H2,1-3H3,(H,49,50)/b18-14-,25-20-,26-21-/t39-,40+,41?,42?/m0/s1. The second kappa shape index (κ2) is 35.1. The summed E-state index contributed by atoms with van der Waals surface area (Å²) in [5, 5.41) is 18.3. The largest absolute Gasteiger partial charge is 0.472 e. The Morgan fingerprint density at radius 3 is 1.84 bits per heavy atom. The summed E-state index contributed by atoms with van der Waals surface area (Å²) in [5.74, 6) is -0.188. The van der Waals surface area contributed by atoms with Crippen LogP contribution in [0.15, 0.2) is 36.5 Å². The summed E-state index contributed by atoms with van der Waals surface area (Å²) in [6.07, 6.45) is 35.8. The number of carbonyl (C=O) groups is 2. The van der Waals surface area contributed by atoms with E-state index in [0.717, 1.165) is 50.9 Å². The van der Waals surface area contributed by atoms with Gasteiger partial charge in [-0.25, -0.2) is 4.57 Å². The van der Waals surface area contributed by atoms with E-state index in [1.54, 1.807) is 0 Å². The highest BCUT2D eigenvalue weighted by molar-refractivity contribution is 7.47. The SMILES string of the molecule is CCCCC/C=C\CC1OC1C/C=C\C/C=C\CCCC(=O)O[C@H](COC(=O)CCCCCCCCCCCCCCC(C)C)COP(=O)(O)OC[C@@H](O)CO. The topological polar surface area (TPSA) is 161 Å². The molecule has 3 unspecified atom stereocenters. The Labute approximate surface area is 339 Å².